The van der Waals surface area contributed by atoms with Crippen molar-refractivity contribution >= 4 is 11.8 Å². The van der Waals surface area contributed by atoms with Crippen LogP contribution in [0.15, 0.2) is 18.2 Å². The zero-order valence-electron chi connectivity index (χ0n) is 10.2. The van der Waals surface area contributed by atoms with Crippen LogP contribution in [0, 0.1) is 12.7 Å². The molecule has 1 unspecified atom stereocenters. The maximum atomic E-state index is 13.3. The number of benzene rings is 1. The molecule has 0 aliphatic heterocycles. The fraction of sp³-hybridized carbons (Fsp3) is 0.538. The van der Waals surface area contributed by atoms with Gasteiger partial charge in [-0.15, -0.1) is 0 Å². The third kappa shape index (κ3) is 4.14. The molecule has 1 aromatic rings. The van der Waals surface area contributed by atoms with Gasteiger partial charge in [0.1, 0.15) is 5.82 Å². The molecule has 16 heavy (non-hydrogen) atoms. The van der Waals surface area contributed by atoms with Crippen LogP contribution < -0.4 is 0 Å². The van der Waals surface area contributed by atoms with E-state index in [2.05, 4.69) is 20.8 Å². The van der Waals surface area contributed by atoms with Gasteiger partial charge in [-0.1, -0.05) is 32.9 Å². The molecule has 0 aliphatic carbocycles. The second-order valence-electron chi connectivity index (χ2n) is 4.95. The molecule has 3 heteroatoms. The molecule has 0 heterocycles. The summed E-state index contributed by atoms with van der Waals surface area (Å²) in [5.74, 6) is 0.337. The number of hydrogen-bond acceptors (Lipinski definition) is 2. The quantitative estimate of drug-likeness (QED) is 0.872. The Bertz CT molecular complexity index is 357. The molecule has 0 amide bonds. The first-order valence-corrected chi connectivity index (χ1v) is 6.36. The lowest BCUT2D eigenvalue weighted by molar-refractivity contribution is 0.203. The minimum Gasteiger partial charge on any atom is -0.388 e. The Morgan fingerprint density at radius 1 is 1.38 bits per heavy atom. The molecule has 0 aromatic heterocycles. The first-order chi connectivity index (χ1) is 7.29. The van der Waals surface area contributed by atoms with Crippen LogP contribution in [0.5, 0.6) is 0 Å². The Morgan fingerprint density at radius 3 is 2.50 bits per heavy atom. The van der Waals surface area contributed by atoms with E-state index in [1.165, 1.54) is 6.07 Å². The number of thioether (sulfide) groups is 1. The predicted octanol–water partition coefficient (Wildman–Crippen LogP) is 3.70. The fourth-order valence-electron chi connectivity index (χ4n) is 1.24. The lowest BCUT2D eigenvalue weighted by Crippen LogP contribution is -2.12. The number of aryl methyl sites for hydroxylation is 1. The number of aliphatic hydroxyl groups excluding tert-OH is 1. The summed E-state index contributed by atoms with van der Waals surface area (Å²) in [7, 11) is 0. The van der Waals surface area contributed by atoms with Crippen molar-refractivity contribution in [3.63, 3.8) is 0 Å². The minimum atomic E-state index is -0.598. The zero-order chi connectivity index (χ0) is 12.3. The van der Waals surface area contributed by atoms with Gasteiger partial charge in [0.15, 0.2) is 0 Å². The van der Waals surface area contributed by atoms with Crippen molar-refractivity contribution < 1.29 is 9.50 Å². The molecule has 0 fully saturated rings. The average Bonchev–Trinajstić information content (AvgIpc) is 2.17. The number of aliphatic hydroxyl groups is 1. The Morgan fingerprint density at radius 2 is 2.00 bits per heavy atom. The van der Waals surface area contributed by atoms with Crippen molar-refractivity contribution in [2.24, 2.45) is 0 Å². The highest BCUT2D eigenvalue weighted by molar-refractivity contribution is 8.00. The minimum absolute atomic E-state index is 0.115. The Kier molecular flexibility index (Phi) is 4.39. The highest BCUT2D eigenvalue weighted by atomic mass is 32.2. The molecule has 90 valence electrons. The first kappa shape index (κ1) is 13.5. The van der Waals surface area contributed by atoms with E-state index in [0.29, 0.717) is 16.9 Å². The van der Waals surface area contributed by atoms with E-state index in [-0.39, 0.29) is 10.6 Å². The summed E-state index contributed by atoms with van der Waals surface area (Å²) in [6.07, 6.45) is -0.598. The Labute approximate surface area is 101 Å². The van der Waals surface area contributed by atoms with Crippen LogP contribution in [-0.4, -0.2) is 15.6 Å². The highest BCUT2D eigenvalue weighted by Crippen LogP contribution is 2.28. The van der Waals surface area contributed by atoms with Crippen LogP contribution in [-0.2, 0) is 0 Å². The second-order valence-corrected chi connectivity index (χ2v) is 6.79. The molecule has 0 saturated heterocycles. The molecular formula is C13H19FOS. The van der Waals surface area contributed by atoms with E-state index in [9.17, 15) is 9.50 Å². The molecule has 0 bridgehead atoms. The molecule has 0 radical (unpaired) electrons. The van der Waals surface area contributed by atoms with E-state index >= 15 is 0 Å². The number of halogens is 1. The van der Waals surface area contributed by atoms with Crippen molar-refractivity contribution in [2.75, 3.05) is 5.75 Å². The van der Waals surface area contributed by atoms with E-state index in [0.717, 1.165) is 0 Å². The van der Waals surface area contributed by atoms with Crippen LogP contribution in [0.1, 0.15) is 38.0 Å². The molecule has 0 saturated carbocycles. The van der Waals surface area contributed by atoms with Gasteiger partial charge in [0, 0.05) is 10.5 Å². The lowest BCUT2D eigenvalue weighted by atomic mass is 10.1. The molecule has 1 rings (SSSR count). The summed E-state index contributed by atoms with van der Waals surface area (Å²) in [4.78, 5) is 0. The van der Waals surface area contributed by atoms with Crippen LogP contribution in [0.4, 0.5) is 4.39 Å². The molecule has 1 aromatic carbocycles. The topological polar surface area (TPSA) is 20.2 Å². The van der Waals surface area contributed by atoms with Gasteiger partial charge < -0.3 is 5.11 Å². The van der Waals surface area contributed by atoms with Gasteiger partial charge in [-0.3, -0.25) is 0 Å². The Hall–Kier alpha value is -0.540. The van der Waals surface area contributed by atoms with Crippen molar-refractivity contribution in [3.8, 4) is 0 Å². The average molecular weight is 242 g/mol. The molecule has 1 atom stereocenters. The van der Waals surface area contributed by atoms with Crippen molar-refractivity contribution in [2.45, 2.75) is 38.5 Å². The lowest BCUT2D eigenvalue weighted by Gasteiger charge is -2.20. The van der Waals surface area contributed by atoms with Gasteiger partial charge in [-0.05, 0) is 24.1 Å². The van der Waals surface area contributed by atoms with Crippen LogP contribution >= 0.6 is 11.8 Å². The number of rotatable bonds is 3. The normalized spacial score (nSPS) is 13.9. The fourth-order valence-corrected chi connectivity index (χ4v) is 2.09. The van der Waals surface area contributed by atoms with Gasteiger partial charge in [0.2, 0.25) is 0 Å². The molecule has 1 nitrogen and oxygen atoms in total. The van der Waals surface area contributed by atoms with Gasteiger partial charge in [0.25, 0.3) is 0 Å². The molecular weight excluding hydrogens is 223 g/mol. The van der Waals surface area contributed by atoms with E-state index in [4.69, 9.17) is 0 Å². The maximum absolute atomic E-state index is 13.3. The van der Waals surface area contributed by atoms with Gasteiger partial charge >= 0.3 is 0 Å². The SMILES string of the molecule is Cc1ccc(C(O)CSC(C)(C)C)cc1F. The maximum Gasteiger partial charge on any atom is 0.126 e. The van der Waals surface area contributed by atoms with Crippen LogP contribution in [0.25, 0.3) is 0 Å². The summed E-state index contributed by atoms with van der Waals surface area (Å²) >= 11 is 1.67. The summed E-state index contributed by atoms with van der Waals surface area (Å²) in [5.41, 5.74) is 1.26. The summed E-state index contributed by atoms with van der Waals surface area (Å²) in [5, 5.41) is 9.91. The van der Waals surface area contributed by atoms with E-state index in [1.807, 2.05) is 0 Å². The van der Waals surface area contributed by atoms with Crippen molar-refractivity contribution in [3.05, 3.63) is 35.1 Å². The highest BCUT2D eigenvalue weighted by Gasteiger charge is 2.15. The molecule has 0 aliphatic rings. The first-order valence-electron chi connectivity index (χ1n) is 5.37. The zero-order valence-corrected chi connectivity index (χ0v) is 11.1. The Balaban J connectivity index is 2.66. The third-order valence-electron chi connectivity index (χ3n) is 2.25. The van der Waals surface area contributed by atoms with Gasteiger partial charge in [-0.2, -0.15) is 11.8 Å². The predicted molar refractivity (Wildman–Crippen MR) is 68.3 cm³/mol. The smallest absolute Gasteiger partial charge is 0.126 e. The van der Waals surface area contributed by atoms with Crippen molar-refractivity contribution in [1.29, 1.82) is 0 Å². The summed E-state index contributed by atoms with van der Waals surface area (Å²) in [6.45, 7) is 8.01. The van der Waals surface area contributed by atoms with Crippen LogP contribution in [0.2, 0.25) is 0 Å². The largest absolute Gasteiger partial charge is 0.388 e. The monoisotopic (exact) mass is 242 g/mol. The number of hydrogen-bond donors (Lipinski definition) is 1. The third-order valence-corrected chi connectivity index (χ3v) is 3.60. The van der Waals surface area contributed by atoms with E-state index < -0.39 is 6.10 Å². The van der Waals surface area contributed by atoms with E-state index in [1.54, 1.807) is 30.8 Å². The van der Waals surface area contributed by atoms with Gasteiger partial charge in [-0.25, -0.2) is 4.39 Å². The standard InChI is InChI=1S/C13H19FOS/c1-9-5-6-10(7-11(9)14)12(15)8-16-13(2,3)4/h5-7,12,15H,8H2,1-4H3. The summed E-state index contributed by atoms with van der Waals surface area (Å²) < 4.78 is 13.4. The second kappa shape index (κ2) is 5.19. The summed E-state index contributed by atoms with van der Waals surface area (Å²) in [6, 6.07) is 4.91. The van der Waals surface area contributed by atoms with Crippen molar-refractivity contribution in [1.82, 2.24) is 0 Å². The molecule has 0 spiro atoms. The molecule has 1 N–H and O–H groups in total. The van der Waals surface area contributed by atoms with Crippen LogP contribution in [0.3, 0.4) is 0 Å². The van der Waals surface area contributed by atoms with Gasteiger partial charge in [0.05, 0.1) is 6.10 Å².